The standard InChI is InChI=1S/C18H17N3/c1-2-4-14(5-3-1)12-21-9-7-18-16(13-21)10-15-11-19-8-6-17(15)20-18/h1-6,8,10-11H,7,9,12-13H2. The third-order valence-corrected chi connectivity index (χ3v) is 4.09. The normalized spacial score (nSPS) is 15.0. The Hall–Kier alpha value is -2.26. The van der Waals surface area contributed by atoms with Gasteiger partial charge >= 0.3 is 0 Å². The van der Waals surface area contributed by atoms with Crippen molar-refractivity contribution >= 4 is 10.9 Å². The molecule has 0 atom stereocenters. The average molecular weight is 275 g/mol. The van der Waals surface area contributed by atoms with Crippen LogP contribution in [0.3, 0.4) is 0 Å². The van der Waals surface area contributed by atoms with Crippen molar-refractivity contribution in [3.05, 3.63) is 71.7 Å². The SMILES string of the molecule is c1ccc(CN2CCc3nc4ccncc4cc3C2)cc1. The van der Waals surface area contributed by atoms with E-state index in [1.54, 1.807) is 0 Å². The molecule has 0 saturated carbocycles. The van der Waals surface area contributed by atoms with Gasteiger partial charge in [-0.3, -0.25) is 14.9 Å². The van der Waals surface area contributed by atoms with Gasteiger partial charge in [-0.05, 0) is 23.3 Å². The van der Waals surface area contributed by atoms with Gasteiger partial charge in [0.2, 0.25) is 0 Å². The lowest BCUT2D eigenvalue weighted by Gasteiger charge is -2.28. The van der Waals surface area contributed by atoms with Crippen molar-refractivity contribution in [2.24, 2.45) is 0 Å². The first-order valence-corrected chi connectivity index (χ1v) is 7.37. The minimum atomic E-state index is 0.974. The highest BCUT2D eigenvalue weighted by atomic mass is 15.1. The van der Waals surface area contributed by atoms with Gasteiger partial charge in [0.25, 0.3) is 0 Å². The Kier molecular flexibility index (Phi) is 3.13. The Morgan fingerprint density at radius 2 is 2.00 bits per heavy atom. The number of fused-ring (bicyclic) bond motifs is 2. The van der Waals surface area contributed by atoms with Crippen LogP contribution in [0.25, 0.3) is 10.9 Å². The summed E-state index contributed by atoms with van der Waals surface area (Å²) < 4.78 is 0. The van der Waals surface area contributed by atoms with E-state index >= 15 is 0 Å². The first-order valence-electron chi connectivity index (χ1n) is 7.37. The maximum Gasteiger partial charge on any atom is 0.0736 e. The van der Waals surface area contributed by atoms with E-state index in [4.69, 9.17) is 4.98 Å². The molecule has 0 N–H and O–H groups in total. The van der Waals surface area contributed by atoms with Crippen LogP contribution in [0.5, 0.6) is 0 Å². The van der Waals surface area contributed by atoms with Crippen molar-refractivity contribution in [1.82, 2.24) is 14.9 Å². The smallest absolute Gasteiger partial charge is 0.0736 e. The summed E-state index contributed by atoms with van der Waals surface area (Å²) in [5, 5.41) is 1.14. The molecule has 0 aliphatic carbocycles. The van der Waals surface area contributed by atoms with Crippen LogP contribution in [0.2, 0.25) is 0 Å². The molecule has 0 fully saturated rings. The lowest BCUT2D eigenvalue weighted by molar-refractivity contribution is 0.244. The van der Waals surface area contributed by atoms with E-state index in [9.17, 15) is 0 Å². The van der Waals surface area contributed by atoms with Crippen molar-refractivity contribution in [2.75, 3.05) is 6.54 Å². The highest BCUT2D eigenvalue weighted by molar-refractivity contribution is 5.78. The van der Waals surface area contributed by atoms with Crippen LogP contribution in [0, 0.1) is 0 Å². The Labute approximate surface area is 124 Å². The van der Waals surface area contributed by atoms with Gasteiger partial charge in [0.15, 0.2) is 0 Å². The summed E-state index contributed by atoms with van der Waals surface area (Å²) in [6, 6.07) is 14.9. The fraction of sp³-hybridized carbons (Fsp3) is 0.222. The molecule has 3 aromatic rings. The van der Waals surface area contributed by atoms with Crippen LogP contribution in [-0.4, -0.2) is 21.4 Å². The lowest BCUT2D eigenvalue weighted by atomic mass is 10.0. The summed E-state index contributed by atoms with van der Waals surface area (Å²) in [6.45, 7) is 3.05. The molecule has 21 heavy (non-hydrogen) atoms. The summed E-state index contributed by atoms with van der Waals surface area (Å²) in [5.41, 5.74) is 5.02. The van der Waals surface area contributed by atoms with E-state index in [1.165, 1.54) is 16.8 Å². The van der Waals surface area contributed by atoms with Crippen molar-refractivity contribution in [3.63, 3.8) is 0 Å². The molecule has 4 rings (SSSR count). The van der Waals surface area contributed by atoms with Crippen LogP contribution >= 0.6 is 0 Å². The third kappa shape index (κ3) is 2.52. The number of benzene rings is 1. The molecule has 3 heteroatoms. The molecular formula is C18H17N3. The zero-order valence-electron chi connectivity index (χ0n) is 11.9. The van der Waals surface area contributed by atoms with Crippen LogP contribution in [-0.2, 0) is 19.5 Å². The predicted octanol–water partition coefficient (Wildman–Crippen LogP) is 3.19. The van der Waals surface area contributed by atoms with E-state index in [1.807, 2.05) is 18.5 Å². The van der Waals surface area contributed by atoms with E-state index in [2.05, 4.69) is 46.3 Å². The molecule has 3 heterocycles. The quantitative estimate of drug-likeness (QED) is 0.719. The minimum absolute atomic E-state index is 0.974. The Bertz CT molecular complexity index is 768. The molecule has 1 aromatic carbocycles. The summed E-state index contributed by atoms with van der Waals surface area (Å²) >= 11 is 0. The Morgan fingerprint density at radius 1 is 1.10 bits per heavy atom. The van der Waals surface area contributed by atoms with Gasteiger partial charge < -0.3 is 0 Å². The Balaban J connectivity index is 1.61. The second-order valence-corrected chi connectivity index (χ2v) is 5.61. The zero-order valence-corrected chi connectivity index (χ0v) is 11.9. The minimum Gasteiger partial charge on any atom is -0.294 e. The first kappa shape index (κ1) is 12.5. The van der Waals surface area contributed by atoms with Crippen molar-refractivity contribution in [3.8, 4) is 0 Å². The average Bonchev–Trinajstić information content (AvgIpc) is 2.54. The lowest BCUT2D eigenvalue weighted by Crippen LogP contribution is -2.30. The molecule has 3 nitrogen and oxygen atoms in total. The van der Waals surface area contributed by atoms with E-state index in [-0.39, 0.29) is 0 Å². The first-order chi connectivity index (χ1) is 10.4. The monoisotopic (exact) mass is 275 g/mol. The molecule has 1 aliphatic heterocycles. The molecule has 0 unspecified atom stereocenters. The number of rotatable bonds is 2. The highest BCUT2D eigenvalue weighted by Crippen LogP contribution is 2.22. The largest absolute Gasteiger partial charge is 0.294 e. The van der Waals surface area contributed by atoms with Crippen molar-refractivity contribution in [1.29, 1.82) is 0 Å². The fourth-order valence-electron chi connectivity index (χ4n) is 3.01. The second-order valence-electron chi connectivity index (χ2n) is 5.61. The number of aromatic nitrogens is 2. The van der Waals surface area contributed by atoms with Crippen LogP contribution < -0.4 is 0 Å². The number of hydrogen-bond donors (Lipinski definition) is 0. The summed E-state index contributed by atoms with van der Waals surface area (Å²) in [6.07, 6.45) is 4.74. The second kappa shape index (κ2) is 5.26. The number of hydrogen-bond acceptors (Lipinski definition) is 3. The fourth-order valence-corrected chi connectivity index (χ4v) is 3.01. The molecule has 0 bridgehead atoms. The molecule has 0 amide bonds. The van der Waals surface area contributed by atoms with Crippen molar-refractivity contribution < 1.29 is 0 Å². The van der Waals surface area contributed by atoms with Crippen LogP contribution in [0.15, 0.2) is 54.9 Å². The van der Waals surface area contributed by atoms with Gasteiger partial charge in [-0.25, -0.2) is 0 Å². The maximum absolute atomic E-state index is 4.79. The number of pyridine rings is 2. The molecule has 0 radical (unpaired) electrons. The van der Waals surface area contributed by atoms with Gasteiger partial charge in [0, 0.05) is 49.5 Å². The van der Waals surface area contributed by atoms with Gasteiger partial charge in [-0.1, -0.05) is 30.3 Å². The van der Waals surface area contributed by atoms with Crippen LogP contribution in [0.4, 0.5) is 0 Å². The highest BCUT2D eigenvalue weighted by Gasteiger charge is 2.18. The molecule has 1 aliphatic rings. The van der Waals surface area contributed by atoms with E-state index in [0.717, 1.165) is 37.0 Å². The van der Waals surface area contributed by atoms with E-state index in [0.29, 0.717) is 0 Å². The summed E-state index contributed by atoms with van der Waals surface area (Å²) in [5.74, 6) is 0. The maximum atomic E-state index is 4.79. The van der Waals surface area contributed by atoms with Gasteiger partial charge in [0.05, 0.1) is 5.52 Å². The molecule has 0 saturated heterocycles. The van der Waals surface area contributed by atoms with Gasteiger partial charge in [-0.15, -0.1) is 0 Å². The van der Waals surface area contributed by atoms with Crippen LogP contribution in [0.1, 0.15) is 16.8 Å². The molecule has 104 valence electrons. The zero-order chi connectivity index (χ0) is 14.1. The predicted molar refractivity (Wildman–Crippen MR) is 83.8 cm³/mol. The summed E-state index contributed by atoms with van der Waals surface area (Å²) in [7, 11) is 0. The summed E-state index contributed by atoms with van der Waals surface area (Å²) in [4.78, 5) is 11.5. The third-order valence-electron chi connectivity index (χ3n) is 4.09. The molecular weight excluding hydrogens is 258 g/mol. The number of nitrogens with zero attached hydrogens (tertiary/aromatic N) is 3. The van der Waals surface area contributed by atoms with Gasteiger partial charge in [-0.2, -0.15) is 0 Å². The van der Waals surface area contributed by atoms with Gasteiger partial charge in [0.1, 0.15) is 0 Å². The van der Waals surface area contributed by atoms with E-state index < -0.39 is 0 Å². The molecule has 2 aromatic heterocycles. The Morgan fingerprint density at radius 3 is 2.90 bits per heavy atom. The topological polar surface area (TPSA) is 29.0 Å². The molecule has 0 spiro atoms. The van der Waals surface area contributed by atoms with Crippen molar-refractivity contribution in [2.45, 2.75) is 19.5 Å².